The molecule has 7 heteroatoms. The fraction of sp³-hybridized carbons (Fsp3) is 0.333. The average molecular weight is 495 g/mol. The van der Waals surface area contributed by atoms with Gasteiger partial charge in [-0.3, -0.25) is 0 Å². The van der Waals surface area contributed by atoms with Gasteiger partial charge in [-0.25, -0.2) is 0 Å². The third-order valence-electron chi connectivity index (χ3n) is 7.55. The highest BCUT2D eigenvalue weighted by atomic mass is 16.5. The fourth-order valence-corrected chi connectivity index (χ4v) is 5.31. The predicted octanol–water partition coefficient (Wildman–Crippen LogP) is 4.59. The Morgan fingerprint density at radius 3 is 2.00 bits per heavy atom. The zero-order chi connectivity index (χ0) is 25.2. The second-order valence-corrected chi connectivity index (χ2v) is 10.1. The van der Waals surface area contributed by atoms with Crippen molar-refractivity contribution < 1.29 is 4.74 Å². The van der Waals surface area contributed by atoms with Crippen LogP contribution in [0.4, 0.5) is 11.4 Å². The van der Waals surface area contributed by atoms with Crippen molar-refractivity contribution in [3.05, 3.63) is 72.8 Å². The smallest absolute Gasteiger partial charge is 0.238 e. The van der Waals surface area contributed by atoms with E-state index in [0.717, 1.165) is 75.1 Å². The van der Waals surface area contributed by atoms with Crippen molar-refractivity contribution >= 4 is 22.1 Å². The Labute approximate surface area is 218 Å². The summed E-state index contributed by atoms with van der Waals surface area (Å²) in [5.41, 5.74) is 4.33. The molecule has 2 fully saturated rings. The fourth-order valence-electron chi connectivity index (χ4n) is 5.31. The van der Waals surface area contributed by atoms with Crippen LogP contribution in [0.1, 0.15) is 0 Å². The molecule has 6 rings (SSSR count). The number of anilines is 2. The molecule has 2 aliphatic heterocycles. The molecular formula is C30H34N6O. The third-order valence-corrected chi connectivity index (χ3v) is 7.55. The molecule has 190 valence electrons. The van der Waals surface area contributed by atoms with E-state index in [-0.39, 0.29) is 0 Å². The van der Waals surface area contributed by atoms with Crippen molar-refractivity contribution in [2.24, 2.45) is 0 Å². The van der Waals surface area contributed by atoms with E-state index in [1.807, 2.05) is 42.5 Å². The lowest BCUT2D eigenvalue weighted by Gasteiger charge is -2.38. The van der Waals surface area contributed by atoms with Gasteiger partial charge in [-0.1, -0.05) is 48.5 Å². The molecule has 0 saturated carbocycles. The second kappa shape index (κ2) is 10.4. The van der Waals surface area contributed by atoms with Gasteiger partial charge in [0.1, 0.15) is 0 Å². The SMILES string of the molecule is CN1CCN(c2cccc3ccc(Oc4ccc(-c5ccccc5)nn4)c(N4CCN(C)CC4)c23)CC1. The van der Waals surface area contributed by atoms with Crippen molar-refractivity contribution in [2.45, 2.75) is 0 Å². The Kier molecular flexibility index (Phi) is 6.64. The number of benzene rings is 3. The van der Waals surface area contributed by atoms with Crippen LogP contribution in [-0.4, -0.2) is 86.5 Å². The van der Waals surface area contributed by atoms with Gasteiger partial charge < -0.3 is 24.3 Å². The zero-order valence-electron chi connectivity index (χ0n) is 21.7. The predicted molar refractivity (Wildman–Crippen MR) is 151 cm³/mol. The van der Waals surface area contributed by atoms with Crippen LogP contribution >= 0.6 is 0 Å². The van der Waals surface area contributed by atoms with Crippen molar-refractivity contribution in [1.29, 1.82) is 0 Å². The van der Waals surface area contributed by atoms with Gasteiger partial charge in [0.25, 0.3) is 0 Å². The number of hydrogen-bond acceptors (Lipinski definition) is 7. The molecule has 0 radical (unpaired) electrons. The van der Waals surface area contributed by atoms with E-state index in [1.165, 1.54) is 16.5 Å². The van der Waals surface area contributed by atoms with Crippen molar-refractivity contribution in [3.63, 3.8) is 0 Å². The molecule has 0 amide bonds. The lowest BCUT2D eigenvalue weighted by molar-refractivity contribution is 0.311. The minimum Gasteiger partial charge on any atom is -0.435 e. The molecule has 0 aliphatic carbocycles. The van der Waals surface area contributed by atoms with E-state index in [4.69, 9.17) is 4.74 Å². The maximum atomic E-state index is 6.49. The Hall–Kier alpha value is -3.68. The van der Waals surface area contributed by atoms with E-state index in [2.05, 4.69) is 74.2 Å². The van der Waals surface area contributed by atoms with E-state index in [9.17, 15) is 0 Å². The van der Waals surface area contributed by atoms with Crippen molar-refractivity contribution in [3.8, 4) is 22.9 Å². The standard InChI is InChI=1S/C30H34N6O/c1-33-15-19-35(20-16-33)26-10-6-9-24-11-13-27(30(29(24)26)36-21-17-34(2)18-22-36)37-28-14-12-25(31-32-28)23-7-4-3-5-8-23/h3-14H,15-22H2,1-2H3. The van der Waals surface area contributed by atoms with Gasteiger partial charge in [0.05, 0.1) is 11.4 Å². The van der Waals surface area contributed by atoms with Crippen molar-refractivity contribution in [1.82, 2.24) is 20.0 Å². The molecule has 0 N–H and O–H groups in total. The van der Waals surface area contributed by atoms with E-state index >= 15 is 0 Å². The van der Waals surface area contributed by atoms with Crippen LogP contribution in [0, 0.1) is 0 Å². The van der Waals surface area contributed by atoms with Crippen LogP contribution in [0.15, 0.2) is 72.8 Å². The van der Waals surface area contributed by atoms with Crippen molar-refractivity contribution in [2.75, 3.05) is 76.3 Å². The summed E-state index contributed by atoms with van der Waals surface area (Å²) in [6, 6.07) is 24.9. The minimum absolute atomic E-state index is 0.506. The van der Waals surface area contributed by atoms with Crippen LogP contribution in [0.3, 0.4) is 0 Å². The van der Waals surface area contributed by atoms with Gasteiger partial charge in [-0.05, 0) is 37.7 Å². The maximum Gasteiger partial charge on any atom is 0.238 e. The number of nitrogens with zero attached hydrogens (tertiary/aromatic N) is 6. The normalized spacial score (nSPS) is 17.4. The monoisotopic (exact) mass is 494 g/mol. The summed E-state index contributed by atoms with van der Waals surface area (Å²) in [6.45, 7) is 8.16. The molecule has 3 aromatic carbocycles. The summed E-state index contributed by atoms with van der Waals surface area (Å²) >= 11 is 0. The number of rotatable bonds is 5. The second-order valence-electron chi connectivity index (χ2n) is 10.1. The first-order chi connectivity index (χ1) is 18.2. The molecule has 0 atom stereocenters. The van der Waals surface area contributed by atoms with Crippen LogP contribution < -0.4 is 14.5 Å². The molecule has 37 heavy (non-hydrogen) atoms. The first-order valence-corrected chi connectivity index (χ1v) is 13.2. The number of likely N-dealkylation sites (N-methyl/N-ethyl adjacent to an activating group) is 2. The van der Waals surface area contributed by atoms with E-state index in [0.29, 0.717) is 5.88 Å². The highest BCUT2D eigenvalue weighted by molar-refractivity contribution is 6.06. The zero-order valence-corrected chi connectivity index (χ0v) is 21.7. The highest BCUT2D eigenvalue weighted by Crippen LogP contribution is 2.43. The number of ether oxygens (including phenoxy) is 1. The molecule has 0 bridgehead atoms. The molecule has 1 aromatic heterocycles. The summed E-state index contributed by atoms with van der Waals surface area (Å²) in [5.74, 6) is 1.34. The Bertz CT molecular complexity index is 1340. The average Bonchev–Trinajstić information content (AvgIpc) is 2.95. The molecule has 3 heterocycles. The van der Waals surface area contributed by atoms with Crippen LogP contribution in [0.5, 0.6) is 11.6 Å². The Morgan fingerprint density at radius 2 is 1.32 bits per heavy atom. The van der Waals surface area contributed by atoms with Crippen LogP contribution in [-0.2, 0) is 0 Å². The number of aromatic nitrogens is 2. The largest absolute Gasteiger partial charge is 0.435 e. The third kappa shape index (κ3) is 4.97. The van der Waals surface area contributed by atoms with Crippen LogP contribution in [0.2, 0.25) is 0 Å². The van der Waals surface area contributed by atoms with Crippen LogP contribution in [0.25, 0.3) is 22.0 Å². The summed E-state index contributed by atoms with van der Waals surface area (Å²) in [5, 5.41) is 11.4. The number of fused-ring (bicyclic) bond motifs is 1. The first-order valence-electron chi connectivity index (χ1n) is 13.2. The van der Waals surface area contributed by atoms with Gasteiger partial charge in [-0.15, -0.1) is 10.2 Å². The lowest BCUT2D eigenvalue weighted by Crippen LogP contribution is -2.45. The molecule has 0 unspecified atom stereocenters. The minimum atomic E-state index is 0.506. The molecule has 0 spiro atoms. The van der Waals surface area contributed by atoms with Gasteiger partial charge >= 0.3 is 0 Å². The van der Waals surface area contributed by atoms with Gasteiger partial charge in [-0.2, -0.15) is 0 Å². The topological polar surface area (TPSA) is 48.0 Å². The Balaban J connectivity index is 1.40. The summed E-state index contributed by atoms with van der Waals surface area (Å²) in [7, 11) is 4.39. The highest BCUT2D eigenvalue weighted by Gasteiger charge is 2.25. The number of piperazine rings is 2. The number of hydrogen-bond donors (Lipinski definition) is 0. The van der Waals surface area contributed by atoms with Gasteiger partial charge in [0, 0.05) is 75.1 Å². The summed E-state index contributed by atoms with van der Waals surface area (Å²) in [4.78, 5) is 9.80. The molecule has 2 saturated heterocycles. The van der Waals surface area contributed by atoms with E-state index in [1.54, 1.807) is 0 Å². The van der Waals surface area contributed by atoms with Gasteiger partial charge in [0.15, 0.2) is 5.75 Å². The lowest BCUT2D eigenvalue weighted by atomic mass is 10.0. The summed E-state index contributed by atoms with van der Waals surface area (Å²) < 4.78 is 6.49. The molecule has 4 aromatic rings. The Morgan fingerprint density at radius 1 is 0.622 bits per heavy atom. The van der Waals surface area contributed by atoms with E-state index < -0.39 is 0 Å². The summed E-state index contributed by atoms with van der Waals surface area (Å²) in [6.07, 6.45) is 0. The molecule has 7 nitrogen and oxygen atoms in total. The molecular weight excluding hydrogens is 460 g/mol. The quantitative estimate of drug-likeness (QED) is 0.402. The van der Waals surface area contributed by atoms with Gasteiger partial charge in [0.2, 0.25) is 5.88 Å². The molecule has 2 aliphatic rings. The first kappa shape index (κ1) is 23.7. The maximum absolute atomic E-state index is 6.49.